The van der Waals surface area contributed by atoms with Crippen LogP contribution in [0.2, 0.25) is 0 Å². The third-order valence-electron chi connectivity index (χ3n) is 6.87. The Morgan fingerprint density at radius 1 is 0.878 bits per heavy atom. The lowest BCUT2D eigenvalue weighted by molar-refractivity contribution is 0.0407. The number of benzene rings is 3. The van der Waals surface area contributed by atoms with Crippen LogP contribution in [0.15, 0.2) is 94.6 Å². The summed E-state index contributed by atoms with van der Waals surface area (Å²) in [5.74, 6) is 1.32. The molecular weight excluding hydrogens is 545 g/mol. The topological polar surface area (TPSA) is 132 Å². The number of methoxy groups -OCH3 is 2. The Morgan fingerprint density at radius 2 is 1.41 bits per heavy atom. The van der Waals surface area contributed by atoms with Gasteiger partial charge in [-0.05, 0) is 47.9 Å². The number of hydrogen-bond donors (Lipinski definition) is 3. The maximum Gasteiger partial charge on any atom is 0.328 e. The maximum absolute atomic E-state index is 13.9. The number of hydrogen-bond acceptors (Lipinski definition) is 7. The van der Waals surface area contributed by atoms with Crippen molar-refractivity contribution in [3.8, 4) is 11.5 Å². The number of nitrogens with one attached hydrogen (secondary N) is 2. The molecule has 0 aliphatic rings. The quantitative estimate of drug-likeness (QED) is 0.162. The number of rotatable bonds is 13. The molecule has 0 saturated carbocycles. The molecule has 3 aromatic carbocycles. The standard InChI is InChI=1S/C30H34N3O7P/c1-22-19-31-29(36)33(28(22)35)18-17-32-41(37,20-34)21-40-30(23-7-5-4-6-8-23,24-9-13-26(38-2)14-10-24)25-11-15-27(39-3)16-12-25/h4-16,19,34H,17-18,20-21H2,1-3H3,(H,31,36)(H,32,37). The number of aryl methyl sites for hydroxylation is 1. The summed E-state index contributed by atoms with van der Waals surface area (Å²) < 4.78 is 32.3. The van der Waals surface area contributed by atoms with Crippen LogP contribution in [0.3, 0.4) is 0 Å². The van der Waals surface area contributed by atoms with E-state index in [4.69, 9.17) is 14.2 Å². The molecule has 1 atom stereocenters. The van der Waals surface area contributed by atoms with Crippen LogP contribution in [0.1, 0.15) is 22.3 Å². The monoisotopic (exact) mass is 579 g/mol. The predicted octanol–water partition coefficient (Wildman–Crippen LogP) is 3.65. The van der Waals surface area contributed by atoms with Gasteiger partial charge in [0.15, 0.2) is 7.29 Å². The third-order valence-corrected chi connectivity index (χ3v) is 8.67. The largest absolute Gasteiger partial charge is 0.497 e. The maximum atomic E-state index is 13.9. The number of aromatic amines is 1. The first kappa shape index (κ1) is 30.0. The minimum absolute atomic E-state index is 0.00293. The Labute approximate surface area is 238 Å². The highest BCUT2D eigenvalue weighted by molar-refractivity contribution is 7.61. The first-order valence-corrected chi connectivity index (χ1v) is 15.1. The first-order chi connectivity index (χ1) is 19.8. The molecule has 216 valence electrons. The van der Waals surface area contributed by atoms with Crippen LogP contribution < -0.4 is 25.8 Å². The summed E-state index contributed by atoms with van der Waals surface area (Å²) in [6.07, 6.45) is 0.306. The van der Waals surface area contributed by atoms with Crippen molar-refractivity contribution in [2.75, 3.05) is 33.5 Å². The van der Waals surface area contributed by atoms with Crippen LogP contribution in [-0.4, -0.2) is 48.1 Å². The van der Waals surface area contributed by atoms with Crippen molar-refractivity contribution in [3.63, 3.8) is 0 Å². The predicted molar refractivity (Wildman–Crippen MR) is 157 cm³/mol. The molecule has 0 radical (unpaired) electrons. The molecule has 0 saturated heterocycles. The van der Waals surface area contributed by atoms with E-state index in [0.29, 0.717) is 17.1 Å². The second-order valence-electron chi connectivity index (χ2n) is 9.45. The van der Waals surface area contributed by atoms with Gasteiger partial charge in [-0.1, -0.05) is 54.6 Å². The Kier molecular flexibility index (Phi) is 9.62. The van der Waals surface area contributed by atoms with Crippen LogP contribution in [0, 0.1) is 6.92 Å². The second kappa shape index (κ2) is 13.1. The average molecular weight is 580 g/mol. The van der Waals surface area contributed by atoms with Crippen LogP contribution >= 0.6 is 7.29 Å². The van der Waals surface area contributed by atoms with Gasteiger partial charge >= 0.3 is 5.69 Å². The van der Waals surface area contributed by atoms with Gasteiger partial charge < -0.3 is 28.9 Å². The fourth-order valence-corrected chi connectivity index (χ4v) is 5.78. The zero-order valence-corrected chi connectivity index (χ0v) is 24.1. The Hall–Kier alpha value is -3.95. The lowest BCUT2D eigenvalue weighted by Crippen LogP contribution is -2.39. The number of ether oxygens (including phenoxy) is 3. The van der Waals surface area contributed by atoms with E-state index < -0.39 is 30.5 Å². The van der Waals surface area contributed by atoms with Gasteiger partial charge in [-0.2, -0.15) is 0 Å². The van der Waals surface area contributed by atoms with Crippen LogP contribution in [-0.2, 0) is 21.4 Å². The zero-order valence-electron chi connectivity index (χ0n) is 23.2. The minimum atomic E-state index is -3.56. The molecule has 3 N–H and O–H groups in total. The SMILES string of the molecule is COc1ccc(C(OCP(=O)(CO)NCCn2c(=O)[nH]cc(C)c2=O)(c2ccccc2)c2ccc(OC)cc2)cc1. The summed E-state index contributed by atoms with van der Waals surface area (Å²) >= 11 is 0. The fourth-order valence-electron chi connectivity index (χ4n) is 4.60. The van der Waals surface area contributed by atoms with Gasteiger partial charge in [0.05, 0.1) is 14.2 Å². The van der Waals surface area contributed by atoms with Gasteiger partial charge in [-0.3, -0.25) is 14.4 Å². The number of aliphatic hydroxyl groups excluding tert-OH is 1. The molecule has 0 aliphatic heterocycles. The summed E-state index contributed by atoms with van der Waals surface area (Å²) in [4.78, 5) is 27.0. The first-order valence-electron chi connectivity index (χ1n) is 13.0. The molecule has 11 heteroatoms. The van der Waals surface area contributed by atoms with Crippen molar-refractivity contribution in [1.82, 2.24) is 14.6 Å². The van der Waals surface area contributed by atoms with E-state index in [-0.39, 0.29) is 19.4 Å². The molecule has 0 bridgehead atoms. The average Bonchev–Trinajstić information content (AvgIpc) is 3.02. The summed E-state index contributed by atoms with van der Waals surface area (Å²) in [5.41, 5.74) is 0.417. The van der Waals surface area contributed by atoms with Gasteiger partial charge in [-0.15, -0.1) is 0 Å². The zero-order chi connectivity index (χ0) is 29.5. The summed E-state index contributed by atoms with van der Waals surface area (Å²) in [5, 5.41) is 13.1. The van der Waals surface area contributed by atoms with Crippen molar-refractivity contribution in [2.45, 2.75) is 19.1 Å². The number of aromatic nitrogens is 2. The fraction of sp³-hybridized carbons (Fsp3) is 0.267. The van der Waals surface area contributed by atoms with Gasteiger partial charge in [0.2, 0.25) is 0 Å². The molecule has 0 spiro atoms. The van der Waals surface area contributed by atoms with Crippen molar-refractivity contribution < 1.29 is 23.9 Å². The molecule has 4 aromatic rings. The van der Waals surface area contributed by atoms with E-state index in [2.05, 4.69) is 10.1 Å². The Morgan fingerprint density at radius 3 is 1.93 bits per heavy atom. The second-order valence-corrected chi connectivity index (χ2v) is 12.1. The van der Waals surface area contributed by atoms with E-state index >= 15 is 0 Å². The highest BCUT2D eigenvalue weighted by atomic mass is 31.2. The van der Waals surface area contributed by atoms with Crippen molar-refractivity contribution in [1.29, 1.82) is 0 Å². The summed E-state index contributed by atoms with van der Waals surface area (Å²) in [6, 6.07) is 24.3. The highest BCUT2D eigenvalue weighted by Crippen LogP contribution is 2.47. The van der Waals surface area contributed by atoms with Gasteiger partial charge in [0, 0.05) is 24.8 Å². The summed E-state index contributed by atoms with van der Waals surface area (Å²) in [6.45, 7) is 1.55. The Bertz CT molecular complexity index is 1550. The molecule has 0 aliphatic carbocycles. The van der Waals surface area contributed by atoms with Gasteiger partial charge in [-0.25, -0.2) is 4.79 Å². The van der Waals surface area contributed by atoms with Crippen LogP contribution in [0.25, 0.3) is 0 Å². The van der Waals surface area contributed by atoms with E-state index in [0.717, 1.165) is 21.3 Å². The van der Waals surface area contributed by atoms with Crippen molar-refractivity contribution >= 4 is 7.29 Å². The molecule has 0 amide bonds. The number of H-pyrrole nitrogens is 1. The third kappa shape index (κ3) is 6.52. The normalized spacial score (nSPS) is 13.0. The lowest BCUT2D eigenvalue weighted by Gasteiger charge is -2.37. The molecular formula is C30H34N3O7P. The molecule has 1 unspecified atom stereocenters. The molecule has 1 aromatic heterocycles. The number of aliphatic hydroxyl groups is 1. The molecule has 1 heterocycles. The van der Waals surface area contributed by atoms with E-state index in [1.54, 1.807) is 21.1 Å². The summed E-state index contributed by atoms with van der Waals surface area (Å²) in [7, 11) is -0.392. The van der Waals surface area contributed by atoms with E-state index in [9.17, 15) is 19.3 Å². The lowest BCUT2D eigenvalue weighted by atomic mass is 9.80. The van der Waals surface area contributed by atoms with E-state index in [1.165, 1.54) is 6.20 Å². The van der Waals surface area contributed by atoms with Crippen LogP contribution in [0.4, 0.5) is 0 Å². The van der Waals surface area contributed by atoms with Gasteiger partial charge in [0.25, 0.3) is 5.56 Å². The number of nitrogens with zero attached hydrogens (tertiary/aromatic N) is 1. The van der Waals surface area contributed by atoms with Crippen molar-refractivity contribution in [2.24, 2.45) is 0 Å². The van der Waals surface area contributed by atoms with Crippen molar-refractivity contribution in [3.05, 3.63) is 128 Å². The van der Waals surface area contributed by atoms with Crippen LogP contribution in [0.5, 0.6) is 11.5 Å². The van der Waals surface area contributed by atoms with Gasteiger partial charge in [0.1, 0.15) is 29.8 Å². The Balaban J connectivity index is 1.71. The smallest absolute Gasteiger partial charge is 0.328 e. The highest BCUT2D eigenvalue weighted by Gasteiger charge is 2.40. The molecule has 0 fully saturated rings. The van der Waals surface area contributed by atoms with E-state index in [1.807, 2.05) is 78.9 Å². The molecule has 10 nitrogen and oxygen atoms in total. The molecule has 4 rings (SSSR count). The minimum Gasteiger partial charge on any atom is -0.497 e. The molecule has 41 heavy (non-hydrogen) atoms.